The maximum absolute atomic E-state index is 12.0. The molecule has 0 radical (unpaired) electrons. The van der Waals surface area contributed by atoms with Gasteiger partial charge in [-0.25, -0.2) is 4.99 Å². The lowest BCUT2D eigenvalue weighted by atomic mass is 10.1. The zero-order valence-corrected chi connectivity index (χ0v) is 12.3. The number of nitrogens with one attached hydrogen (secondary N) is 1. The first-order chi connectivity index (χ1) is 10.7. The van der Waals surface area contributed by atoms with Gasteiger partial charge in [-0.15, -0.1) is 0 Å². The average molecular weight is 308 g/mol. The smallest absolute Gasteiger partial charge is 0.264 e. The van der Waals surface area contributed by atoms with Crippen LogP contribution in [0.2, 0.25) is 0 Å². The molecule has 1 amide bonds. The number of thioether (sulfide) groups is 1. The van der Waals surface area contributed by atoms with Crippen molar-refractivity contribution in [1.82, 2.24) is 5.32 Å². The van der Waals surface area contributed by atoms with E-state index in [2.05, 4.69) is 10.3 Å². The van der Waals surface area contributed by atoms with Crippen LogP contribution in [0.15, 0.2) is 64.5 Å². The Balaban J connectivity index is 1.80. The molecule has 0 atom stereocenters. The normalized spacial score (nSPS) is 17.7. The number of aldehydes is 1. The van der Waals surface area contributed by atoms with Gasteiger partial charge in [-0.3, -0.25) is 9.59 Å². The number of hydrogen-bond donors (Lipinski definition) is 1. The maximum Gasteiger partial charge on any atom is 0.264 e. The molecule has 1 N–H and O–H groups in total. The first-order valence-electron chi connectivity index (χ1n) is 6.64. The van der Waals surface area contributed by atoms with E-state index < -0.39 is 0 Å². The van der Waals surface area contributed by atoms with Gasteiger partial charge in [-0.2, -0.15) is 0 Å². The zero-order chi connectivity index (χ0) is 15.4. The highest BCUT2D eigenvalue weighted by molar-refractivity contribution is 8.18. The highest BCUT2D eigenvalue weighted by Crippen LogP contribution is 2.27. The minimum absolute atomic E-state index is 0.167. The second-order valence-corrected chi connectivity index (χ2v) is 5.63. The van der Waals surface area contributed by atoms with Gasteiger partial charge in [-0.1, -0.05) is 42.5 Å². The number of rotatable bonds is 3. The lowest BCUT2D eigenvalue weighted by Crippen LogP contribution is -2.19. The summed E-state index contributed by atoms with van der Waals surface area (Å²) < 4.78 is 0. The number of hydrogen-bond acceptors (Lipinski definition) is 4. The molecule has 1 aliphatic heterocycles. The molecule has 1 fully saturated rings. The number of carbonyl (C=O) groups is 2. The Kier molecular flexibility index (Phi) is 4.16. The van der Waals surface area contributed by atoms with E-state index in [0.29, 0.717) is 15.6 Å². The van der Waals surface area contributed by atoms with Gasteiger partial charge >= 0.3 is 0 Å². The summed E-state index contributed by atoms with van der Waals surface area (Å²) in [6.07, 6.45) is 2.57. The van der Waals surface area contributed by atoms with Gasteiger partial charge in [0.1, 0.15) is 6.29 Å². The highest BCUT2D eigenvalue weighted by atomic mass is 32.2. The monoisotopic (exact) mass is 308 g/mol. The number of benzene rings is 2. The Morgan fingerprint density at radius 1 is 0.955 bits per heavy atom. The standard InChI is InChI=1S/C17H12N2O2S/c20-11-13-8-6-12(7-9-13)10-15-16(21)19-17(22-15)18-14-4-2-1-3-5-14/h1-11H,(H,18,19,21)/b15-10+. The van der Waals surface area contributed by atoms with Crippen LogP contribution in [0.4, 0.5) is 5.69 Å². The van der Waals surface area contributed by atoms with Gasteiger partial charge in [0.15, 0.2) is 5.17 Å². The largest absolute Gasteiger partial charge is 0.300 e. The van der Waals surface area contributed by atoms with E-state index in [1.807, 2.05) is 30.3 Å². The fourth-order valence-electron chi connectivity index (χ4n) is 1.92. The number of nitrogens with zero attached hydrogens (tertiary/aromatic N) is 1. The predicted molar refractivity (Wildman–Crippen MR) is 89.1 cm³/mol. The topological polar surface area (TPSA) is 58.5 Å². The number of aliphatic imine (C=N–C) groups is 1. The van der Waals surface area contributed by atoms with Crippen LogP contribution in [-0.2, 0) is 4.79 Å². The van der Waals surface area contributed by atoms with Gasteiger partial charge in [0.2, 0.25) is 0 Å². The van der Waals surface area contributed by atoms with E-state index in [1.54, 1.807) is 30.3 Å². The Bertz CT molecular complexity index is 765. The molecule has 2 aromatic carbocycles. The molecule has 1 saturated heterocycles. The Labute approximate surface area is 132 Å². The molecule has 1 aliphatic rings. The van der Waals surface area contributed by atoms with Crippen molar-refractivity contribution in [3.05, 3.63) is 70.6 Å². The van der Waals surface area contributed by atoms with Gasteiger partial charge in [-0.05, 0) is 35.5 Å². The molecular formula is C17H12N2O2S. The third-order valence-corrected chi connectivity index (χ3v) is 3.92. The van der Waals surface area contributed by atoms with Crippen LogP contribution in [0.3, 0.4) is 0 Å². The quantitative estimate of drug-likeness (QED) is 0.698. The highest BCUT2D eigenvalue weighted by Gasteiger charge is 2.23. The van der Waals surface area contributed by atoms with Crippen molar-refractivity contribution < 1.29 is 9.59 Å². The van der Waals surface area contributed by atoms with Crippen molar-refractivity contribution in [2.24, 2.45) is 4.99 Å². The van der Waals surface area contributed by atoms with Crippen molar-refractivity contribution in [2.75, 3.05) is 0 Å². The van der Waals surface area contributed by atoms with Crippen molar-refractivity contribution in [3.8, 4) is 0 Å². The third kappa shape index (κ3) is 3.32. The van der Waals surface area contributed by atoms with Crippen LogP contribution in [-0.4, -0.2) is 17.4 Å². The number of amides is 1. The summed E-state index contributed by atoms with van der Waals surface area (Å²) in [6, 6.07) is 16.5. The number of para-hydroxylation sites is 1. The van der Waals surface area contributed by atoms with E-state index in [9.17, 15) is 9.59 Å². The summed E-state index contributed by atoms with van der Waals surface area (Å²) in [6.45, 7) is 0. The first kappa shape index (κ1) is 14.3. The van der Waals surface area contributed by atoms with E-state index in [-0.39, 0.29) is 5.91 Å². The van der Waals surface area contributed by atoms with E-state index in [1.165, 1.54) is 11.8 Å². The van der Waals surface area contributed by atoms with Crippen molar-refractivity contribution in [1.29, 1.82) is 0 Å². The van der Waals surface area contributed by atoms with Gasteiger partial charge in [0.05, 0.1) is 10.6 Å². The molecule has 108 valence electrons. The van der Waals surface area contributed by atoms with Crippen LogP contribution in [0.25, 0.3) is 6.08 Å². The van der Waals surface area contributed by atoms with Crippen molar-refractivity contribution in [2.45, 2.75) is 0 Å². The van der Waals surface area contributed by atoms with Crippen LogP contribution in [0.1, 0.15) is 15.9 Å². The Morgan fingerprint density at radius 3 is 2.32 bits per heavy atom. The minimum Gasteiger partial charge on any atom is -0.300 e. The predicted octanol–water partition coefficient (Wildman–Crippen LogP) is 3.39. The van der Waals surface area contributed by atoms with Gasteiger partial charge < -0.3 is 5.32 Å². The molecule has 0 unspecified atom stereocenters. The van der Waals surface area contributed by atoms with Crippen LogP contribution in [0, 0.1) is 0 Å². The molecule has 0 aromatic heterocycles. The molecule has 0 aliphatic carbocycles. The molecule has 0 bridgehead atoms. The average Bonchev–Trinajstić information content (AvgIpc) is 2.88. The Hall–Kier alpha value is -2.66. The Morgan fingerprint density at radius 2 is 1.64 bits per heavy atom. The molecule has 4 nitrogen and oxygen atoms in total. The fraction of sp³-hybridized carbons (Fsp3) is 0. The van der Waals surface area contributed by atoms with E-state index >= 15 is 0 Å². The summed E-state index contributed by atoms with van der Waals surface area (Å²) in [7, 11) is 0. The molecule has 2 aromatic rings. The van der Waals surface area contributed by atoms with Gasteiger partial charge in [0.25, 0.3) is 5.91 Å². The van der Waals surface area contributed by atoms with Crippen LogP contribution < -0.4 is 5.32 Å². The fourth-order valence-corrected chi connectivity index (χ4v) is 2.76. The summed E-state index contributed by atoms with van der Waals surface area (Å²) in [5, 5.41) is 3.31. The number of amidine groups is 1. The second kappa shape index (κ2) is 6.41. The van der Waals surface area contributed by atoms with Crippen LogP contribution >= 0.6 is 11.8 Å². The van der Waals surface area contributed by atoms with Crippen molar-refractivity contribution in [3.63, 3.8) is 0 Å². The molecule has 5 heteroatoms. The third-order valence-electron chi connectivity index (χ3n) is 3.01. The zero-order valence-electron chi connectivity index (χ0n) is 11.5. The van der Waals surface area contributed by atoms with E-state index in [4.69, 9.17) is 0 Å². The lowest BCUT2D eigenvalue weighted by molar-refractivity contribution is -0.115. The number of carbonyl (C=O) groups excluding carboxylic acids is 2. The van der Waals surface area contributed by atoms with Crippen LogP contribution in [0.5, 0.6) is 0 Å². The summed E-state index contributed by atoms with van der Waals surface area (Å²) >= 11 is 1.30. The summed E-state index contributed by atoms with van der Waals surface area (Å²) in [5.74, 6) is -0.167. The SMILES string of the molecule is O=Cc1ccc(/C=C2/SC(=Nc3ccccc3)NC2=O)cc1. The first-order valence-corrected chi connectivity index (χ1v) is 7.46. The molecule has 22 heavy (non-hydrogen) atoms. The summed E-state index contributed by atoms with van der Waals surface area (Å²) in [4.78, 5) is 27.6. The molecule has 3 rings (SSSR count). The lowest BCUT2D eigenvalue weighted by Gasteiger charge is -1.95. The maximum atomic E-state index is 12.0. The minimum atomic E-state index is -0.167. The molecule has 1 heterocycles. The molecular weight excluding hydrogens is 296 g/mol. The summed E-state index contributed by atoms with van der Waals surface area (Å²) in [5.41, 5.74) is 2.27. The van der Waals surface area contributed by atoms with Crippen molar-refractivity contribution >= 4 is 40.9 Å². The molecule has 0 saturated carbocycles. The molecule has 0 spiro atoms. The van der Waals surface area contributed by atoms with E-state index in [0.717, 1.165) is 17.5 Å². The second-order valence-electron chi connectivity index (χ2n) is 4.60. The van der Waals surface area contributed by atoms with Gasteiger partial charge in [0, 0.05) is 5.56 Å².